The minimum Gasteiger partial charge on any atom is -0.387 e. The number of benzene rings is 1. The Morgan fingerprint density at radius 1 is 1.25 bits per heavy atom. The molecule has 0 amide bonds. The van der Waals surface area contributed by atoms with Crippen molar-refractivity contribution in [1.29, 1.82) is 5.26 Å². The normalized spacial score (nSPS) is 34.2. The van der Waals surface area contributed by atoms with Gasteiger partial charge in [0.05, 0.1) is 6.07 Å². The summed E-state index contributed by atoms with van der Waals surface area (Å²) in [5, 5.41) is 21.3. The second kappa shape index (κ2) is 4.87. The molecular formula is C17H22N2O. The average molecular weight is 270 g/mol. The van der Waals surface area contributed by atoms with Crippen LogP contribution in [0.2, 0.25) is 0 Å². The van der Waals surface area contributed by atoms with E-state index in [0.29, 0.717) is 6.54 Å². The van der Waals surface area contributed by atoms with E-state index in [9.17, 15) is 10.4 Å². The van der Waals surface area contributed by atoms with E-state index in [0.717, 1.165) is 44.2 Å². The molecule has 3 nitrogen and oxygen atoms in total. The maximum Gasteiger partial charge on any atom is 0.112 e. The summed E-state index contributed by atoms with van der Waals surface area (Å²) < 4.78 is 0. The molecule has 106 valence electrons. The van der Waals surface area contributed by atoms with Gasteiger partial charge in [-0.25, -0.2) is 0 Å². The maximum atomic E-state index is 11.3. The fraction of sp³-hybridized carbons (Fsp3) is 0.588. The number of rotatable bonds is 1. The van der Waals surface area contributed by atoms with Crippen LogP contribution < -0.4 is 0 Å². The molecule has 20 heavy (non-hydrogen) atoms. The Kier molecular flexibility index (Phi) is 3.32. The van der Waals surface area contributed by atoms with Gasteiger partial charge in [-0.3, -0.25) is 0 Å². The van der Waals surface area contributed by atoms with E-state index in [1.165, 1.54) is 5.56 Å². The highest BCUT2D eigenvalue weighted by molar-refractivity contribution is 5.45. The fourth-order valence-corrected chi connectivity index (χ4v) is 4.13. The molecule has 2 unspecified atom stereocenters. The molecule has 1 aliphatic carbocycles. The minimum atomic E-state index is -0.925. The van der Waals surface area contributed by atoms with E-state index < -0.39 is 11.0 Å². The van der Waals surface area contributed by atoms with Crippen molar-refractivity contribution in [2.45, 2.75) is 43.1 Å². The summed E-state index contributed by atoms with van der Waals surface area (Å²) in [6.07, 6.45) is 4.45. The minimum absolute atomic E-state index is 0.592. The van der Waals surface area contributed by atoms with E-state index >= 15 is 0 Å². The third kappa shape index (κ3) is 1.87. The summed E-state index contributed by atoms with van der Waals surface area (Å²) in [6, 6.07) is 10.7. The molecule has 3 heteroatoms. The van der Waals surface area contributed by atoms with Crippen molar-refractivity contribution in [3.8, 4) is 6.07 Å². The molecule has 1 heterocycles. The first-order chi connectivity index (χ1) is 9.61. The van der Waals surface area contributed by atoms with Gasteiger partial charge in [0, 0.05) is 6.54 Å². The van der Waals surface area contributed by atoms with Gasteiger partial charge >= 0.3 is 0 Å². The molecule has 1 aromatic rings. The van der Waals surface area contributed by atoms with Gasteiger partial charge in [0.1, 0.15) is 11.0 Å². The Labute approximate surface area is 120 Å². The summed E-state index contributed by atoms with van der Waals surface area (Å²) in [6.45, 7) is 1.60. The molecule has 0 bridgehead atoms. The van der Waals surface area contributed by atoms with Crippen molar-refractivity contribution in [2.75, 3.05) is 20.1 Å². The van der Waals surface area contributed by atoms with Crippen LogP contribution in [0, 0.1) is 11.3 Å². The summed E-state index contributed by atoms with van der Waals surface area (Å²) in [5.74, 6) is 0. The van der Waals surface area contributed by atoms with Crippen LogP contribution in [0.1, 0.15) is 36.8 Å². The molecular weight excluding hydrogens is 248 g/mol. The van der Waals surface area contributed by atoms with Crippen LogP contribution in [0.5, 0.6) is 0 Å². The summed E-state index contributed by atoms with van der Waals surface area (Å²) >= 11 is 0. The molecule has 0 spiro atoms. The van der Waals surface area contributed by atoms with Crippen LogP contribution in [0.15, 0.2) is 24.3 Å². The SMILES string of the molecule is CN1CCCC(O)(C2(C#N)CCCc3ccccc32)C1. The van der Waals surface area contributed by atoms with Gasteiger partial charge in [-0.2, -0.15) is 5.26 Å². The zero-order chi connectivity index (χ0) is 14.2. The molecule has 1 saturated heterocycles. The van der Waals surface area contributed by atoms with E-state index in [4.69, 9.17) is 0 Å². The first-order valence-corrected chi connectivity index (χ1v) is 7.52. The van der Waals surface area contributed by atoms with Crippen molar-refractivity contribution < 1.29 is 5.11 Å². The molecule has 3 rings (SSSR count). The summed E-state index contributed by atoms with van der Waals surface area (Å²) in [5.41, 5.74) is 0.635. The molecule has 1 aliphatic heterocycles. The largest absolute Gasteiger partial charge is 0.387 e. The Morgan fingerprint density at radius 2 is 2.05 bits per heavy atom. The lowest BCUT2D eigenvalue weighted by atomic mass is 9.59. The lowest BCUT2D eigenvalue weighted by Crippen LogP contribution is -2.60. The lowest BCUT2D eigenvalue weighted by molar-refractivity contribution is -0.0729. The van der Waals surface area contributed by atoms with Crippen LogP contribution in [0.25, 0.3) is 0 Å². The summed E-state index contributed by atoms with van der Waals surface area (Å²) in [7, 11) is 2.03. The number of hydrogen-bond donors (Lipinski definition) is 1. The first-order valence-electron chi connectivity index (χ1n) is 7.52. The van der Waals surface area contributed by atoms with Gasteiger partial charge in [0.15, 0.2) is 0 Å². The van der Waals surface area contributed by atoms with Crippen molar-refractivity contribution in [2.24, 2.45) is 0 Å². The Hall–Kier alpha value is -1.37. The maximum absolute atomic E-state index is 11.3. The second-order valence-corrected chi connectivity index (χ2v) is 6.40. The van der Waals surface area contributed by atoms with Gasteiger partial charge in [0.2, 0.25) is 0 Å². The molecule has 1 N–H and O–H groups in total. The number of fused-ring (bicyclic) bond motifs is 1. The Bertz CT molecular complexity index is 550. The number of aliphatic hydroxyl groups is 1. The van der Waals surface area contributed by atoms with Gasteiger partial charge in [0.25, 0.3) is 0 Å². The van der Waals surface area contributed by atoms with Crippen LogP contribution in [-0.4, -0.2) is 35.7 Å². The third-order valence-corrected chi connectivity index (χ3v) is 5.12. The van der Waals surface area contributed by atoms with Gasteiger partial charge in [-0.15, -0.1) is 0 Å². The highest BCUT2D eigenvalue weighted by Crippen LogP contribution is 2.47. The van der Waals surface area contributed by atoms with Crippen LogP contribution in [0.4, 0.5) is 0 Å². The number of likely N-dealkylation sites (tertiary alicyclic amines) is 1. The van der Waals surface area contributed by atoms with Crippen LogP contribution >= 0.6 is 0 Å². The molecule has 0 radical (unpaired) electrons. The zero-order valence-electron chi connectivity index (χ0n) is 12.1. The predicted octanol–water partition coefficient (Wildman–Crippen LogP) is 2.24. The number of likely N-dealkylation sites (N-methyl/N-ethyl adjacent to an activating group) is 1. The van der Waals surface area contributed by atoms with Crippen molar-refractivity contribution in [1.82, 2.24) is 4.90 Å². The molecule has 1 aromatic carbocycles. The smallest absolute Gasteiger partial charge is 0.112 e. The molecule has 2 atom stereocenters. The molecule has 1 fully saturated rings. The number of nitriles is 1. The standard InChI is InChI=1S/C17H22N2O/c1-19-11-5-10-17(20,13-19)16(12-18)9-4-7-14-6-2-3-8-15(14)16/h2-3,6,8,20H,4-5,7,9-11,13H2,1H3. The van der Waals surface area contributed by atoms with E-state index in [2.05, 4.69) is 17.0 Å². The van der Waals surface area contributed by atoms with Gasteiger partial charge in [-0.05, 0) is 56.8 Å². The van der Waals surface area contributed by atoms with Crippen LogP contribution in [-0.2, 0) is 11.8 Å². The lowest BCUT2D eigenvalue weighted by Gasteiger charge is -2.49. The number of piperidine rings is 1. The quantitative estimate of drug-likeness (QED) is 0.851. The number of aryl methyl sites for hydroxylation is 1. The van der Waals surface area contributed by atoms with Gasteiger partial charge in [-0.1, -0.05) is 24.3 Å². The number of β-amino-alcohol motifs (C(OH)–C–C–N with tert-alkyl or cyclic N) is 1. The van der Waals surface area contributed by atoms with Crippen molar-refractivity contribution in [3.05, 3.63) is 35.4 Å². The number of hydrogen-bond acceptors (Lipinski definition) is 3. The predicted molar refractivity (Wildman–Crippen MR) is 78.4 cm³/mol. The monoisotopic (exact) mass is 270 g/mol. The summed E-state index contributed by atoms with van der Waals surface area (Å²) in [4.78, 5) is 2.15. The van der Waals surface area contributed by atoms with E-state index in [-0.39, 0.29) is 0 Å². The van der Waals surface area contributed by atoms with Crippen LogP contribution in [0.3, 0.4) is 0 Å². The highest BCUT2D eigenvalue weighted by atomic mass is 16.3. The van der Waals surface area contributed by atoms with E-state index in [1.807, 2.05) is 25.2 Å². The molecule has 2 aliphatic rings. The Balaban J connectivity index is 2.11. The van der Waals surface area contributed by atoms with Gasteiger partial charge < -0.3 is 10.0 Å². The second-order valence-electron chi connectivity index (χ2n) is 6.40. The van der Waals surface area contributed by atoms with E-state index in [1.54, 1.807) is 0 Å². The Morgan fingerprint density at radius 3 is 2.80 bits per heavy atom. The topological polar surface area (TPSA) is 47.3 Å². The first kappa shape index (κ1) is 13.6. The molecule has 0 saturated carbocycles. The van der Waals surface area contributed by atoms with Crippen molar-refractivity contribution >= 4 is 0 Å². The zero-order valence-corrected chi connectivity index (χ0v) is 12.1. The van der Waals surface area contributed by atoms with Crippen molar-refractivity contribution in [3.63, 3.8) is 0 Å². The third-order valence-electron chi connectivity index (χ3n) is 5.12. The highest BCUT2D eigenvalue weighted by Gasteiger charge is 2.54. The average Bonchev–Trinajstić information content (AvgIpc) is 2.46. The fourth-order valence-electron chi connectivity index (χ4n) is 4.13. The number of nitrogens with zero attached hydrogens (tertiary/aromatic N) is 2. The molecule has 0 aromatic heterocycles.